The Morgan fingerprint density at radius 1 is 0.917 bits per heavy atom. The molecule has 0 radical (unpaired) electrons. The summed E-state index contributed by atoms with van der Waals surface area (Å²) in [6.45, 7) is 0. The molecule has 7 heteroatoms. The summed E-state index contributed by atoms with van der Waals surface area (Å²) in [4.78, 5) is 2.86. The fourth-order valence-corrected chi connectivity index (χ4v) is 3.52. The molecule has 120 valence electrons. The van der Waals surface area contributed by atoms with Crippen LogP contribution in [0.1, 0.15) is 0 Å². The zero-order chi connectivity index (χ0) is 16.7. The van der Waals surface area contributed by atoms with Gasteiger partial charge in [-0.05, 0) is 36.4 Å². The smallest absolute Gasteiger partial charge is 0.235 e. The van der Waals surface area contributed by atoms with E-state index in [2.05, 4.69) is 43.2 Å². The second-order valence-electron chi connectivity index (χ2n) is 5.57. The number of nitrogens with zero attached hydrogens (tertiary/aromatic N) is 5. The third-order valence-electron chi connectivity index (χ3n) is 3.72. The lowest BCUT2D eigenvalue weighted by molar-refractivity contribution is 0.970. The van der Waals surface area contributed by atoms with Gasteiger partial charge in [0.05, 0.1) is 0 Å². The largest absolute Gasteiger partial charge is 0.378 e. The molecule has 0 N–H and O–H groups in total. The van der Waals surface area contributed by atoms with Crippen LogP contribution in [0, 0.1) is 0 Å². The van der Waals surface area contributed by atoms with Crippen molar-refractivity contribution in [1.29, 1.82) is 0 Å². The van der Waals surface area contributed by atoms with E-state index in [4.69, 9.17) is 5.10 Å². The summed E-state index contributed by atoms with van der Waals surface area (Å²) in [6.07, 6.45) is 0. The number of benzene rings is 2. The standard InChI is InChI=1S/C17H14BrN5S/c1-22(2)14-9-5-11(6-10-14)15-19-20-17-23(15)21-16(24-17)12-3-7-13(18)8-4-12/h3-10H,1-2H3. The van der Waals surface area contributed by atoms with E-state index in [1.54, 1.807) is 0 Å². The molecule has 0 saturated heterocycles. The van der Waals surface area contributed by atoms with Crippen molar-refractivity contribution in [2.75, 3.05) is 19.0 Å². The summed E-state index contributed by atoms with van der Waals surface area (Å²) in [5, 5.41) is 14.2. The summed E-state index contributed by atoms with van der Waals surface area (Å²) in [5.41, 5.74) is 3.22. The molecule has 0 aliphatic carbocycles. The van der Waals surface area contributed by atoms with Crippen LogP contribution in [0.3, 0.4) is 0 Å². The lowest BCUT2D eigenvalue weighted by Gasteiger charge is -2.11. The summed E-state index contributed by atoms with van der Waals surface area (Å²) in [7, 11) is 4.05. The van der Waals surface area contributed by atoms with Crippen molar-refractivity contribution in [3.63, 3.8) is 0 Å². The lowest BCUT2D eigenvalue weighted by atomic mass is 10.2. The molecule has 5 nitrogen and oxygen atoms in total. The first-order chi connectivity index (χ1) is 11.6. The summed E-state index contributed by atoms with van der Waals surface area (Å²) in [5.74, 6) is 0.759. The molecule has 4 rings (SSSR count). The molecular weight excluding hydrogens is 386 g/mol. The van der Waals surface area contributed by atoms with Crippen molar-refractivity contribution in [3.05, 3.63) is 53.0 Å². The Morgan fingerprint density at radius 2 is 1.58 bits per heavy atom. The Labute approximate surface area is 151 Å². The van der Waals surface area contributed by atoms with Gasteiger partial charge in [0.25, 0.3) is 0 Å². The van der Waals surface area contributed by atoms with E-state index in [0.717, 1.165) is 37.1 Å². The van der Waals surface area contributed by atoms with Gasteiger partial charge in [0.2, 0.25) is 4.96 Å². The van der Waals surface area contributed by atoms with E-state index in [9.17, 15) is 0 Å². The number of hydrogen-bond donors (Lipinski definition) is 0. The van der Waals surface area contributed by atoms with Gasteiger partial charge in [0.15, 0.2) is 5.82 Å². The first kappa shape index (κ1) is 15.3. The Bertz CT molecular complexity index is 986. The van der Waals surface area contributed by atoms with Crippen LogP contribution in [0.15, 0.2) is 53.0 Å². The number of rotatable bonds is 3. The average Bonchev–Trinajstić information content (AvgIpc) is 3.16. The normalized spacial score (nSPS) is 11.1. The van der Waals surface area contributed by atoms with Crippen molar-refractivity contribution in [3.8, 4) is 22.0 Å². The van der Waals surface area contributed by atoms with Crippen molar-refractivity contribution in [2.24, 2.45) is 0 Å². The van der Waals surface area contributed by atoms with Gasteiger partial charge in [-0.2, -0.15) is 9.61 Å². The van der Waals surface area contributed by atoms with Gasteiger partial charge in [-0.1, -0.05) is 39.4 Å². The maximum atomic E-state index is 4.69. The first-order valence-electron chi connectivity index (χ1n) is 7.38. The maximum Gasteiger partial charge on any atom is 0.235 e. The SMILES string of the molecule is CN(C)c1ccc(-c2nnc3sc(-c4ccc(Br)cc4)nn23)cc1. The second-order valence-corrected chi connectivity index (χ2v) is 7.45. The summed E-state index contributed by atoms with van der Waals surface area (Å²) >= 11 is 4.99. The van der Waals surface area contributed by atoms with Crippen molar-refractivity contribution < 1.29 is 0 Å². The molecule has 0 fully saturated rings. The zero-order valence-corrected chi connectivity index (χ0v) is 15.5. The number of anilines is 1. The van der Waals surface area contributed by atoms with Gasteiger partial charge in [-0.25, -0.2) is 0 Å². The predicted octanol–water partition coefficient (Wildman–Crippen LogP) is 4.35. The lowest BCUT2D eigenvalue weighted by Crippen LogP contribution is -2.08. The van der Waals surface area contributed by atoms with Gasteiger partial charge in [-0.3, -0.25) is 0 Å². The van der Waals surface area contributed by atoms with E-state index in [1.165, 1.54) is 11.3 Å². The van der Waals surface area contributed by atoms with Crippen LogP contribution in [-0.2, 0) is 0 Å². The minimum Gasteiger partial charge on any atom is -0.378 e. The van der Waals surface area contributed by atoms with Gasteiger partial charge in [0.1, 0.15) is 5.01 Å². The van der Waals surface area contributed by atoms with Gasteiger partial charge in [0, 0.05) is 35.4 Å². The van der Waals surface area contributed by atoms with E-state index >= 15 is 0 Å². The average molecular weight is 400 g/mol. The highest BCUT2D eigenvalue weighted by Gasteiger charge is 2.14. The fourth-order valence-electron chi connectivity index (χ4n) is 2.41. The Kier molecular flexibility index (Phi) is 3.82. The molecule has 4 aromatic rings. The highest BCUT2D eigenvalue weighted by Crippen LogP contribution is 2.29. The number of aromatic nitrogens is 4. The molecule has 0 aliphatic heterocycles. The minimum absolute atomic E-state index is 0.759. The monoisotopic (exact) mass is 399 g/mol. The van der Waals surface area contributed by atoms with Crippen molar-refractivity contribution >= 4 is 37.9 Å². The number of halogens is 1. The molecule has 0 bridgehead atoms. The molecule has 0 unspecified atom stereocenters. The van der Waals surface area contributed by atoms with Gasteiger partial charge < -0.3 is 4.90 Å². The van der Waals surface area contributed by atoms with E-state index < -0.39 is 0 Å². The summed E-state index contributed by atoms with van der Waals surface area (Å²) in [6, 6.07) is 16.3. The first-order valence-corrected chi connectivity index (χ1v) is 8.99. The maximum absolute atomic E-state index is 4.69. The Balaban J connectivity index is 1.75. The molecule has 2 aromatic carbocycles. The molecule has 0 amide bonds. The Morgan fingerprint density at radius 3 is 2.25 bits per heavy atom. The topological polar surface area (TPSA) is 46.3 Å². The highest BCUT2D eigenvalue weighted by molar-refractivity contribution is 9.10. The van der Waals surface area contributed by atoms with E-state index in [0.29, 0.717) is 0 Å². The minimum atomic E-state index is 0.759. The number of fused-ring (bicyclic) bond motifs is 1. The van der Waals surface area contributed by atoms with Crippen LogP contribution in [0.4, 0.5) is 5.69 Å². The number of hydrogen-bond acceptors (Lipinski definition) is 5. The van der Waals surface area contributed by atoms with Crippen LogP contribution < -0.4 is 4.90 Å². The van der Waals surface area contributed by atoms with Crippen molar-refractivity contribution in [2.45, 2.75) is 0 Å². The molecule has 0 atom stereocenters. The van der Waals surface area contributed by atoms with Gasteiger partial charge >= 0.3 is 0 Å². The zero-order valence-electron chi connectivity index (χ0n) is 13.1. The summed E-state index contributed by atoms with van der Waals surface area (Å²) < 4.78 is 2.86. The van der Waals surface area contributed by atoms with Crippen LogP contribution in [-0.4, -0.2) is 33.9 Å². The molecule has 2 aromatic heterocycles. The molecule has 2 heterocycles. The third-order valence-corrected chi connectivity index (χ3v) is 5.20. The molecule has 0 saturated carbocycles. The molecule has 0 aliphatic rings. The van der Waals surface area contributed by atoms with Crippen LogP contribution >= 0.6 is 27.3 Å². The predicted molar refractivity (Wildman–Crippen MR) is 102 cm³/mol. The molecular formula is C17H14BrN5S. The quantitative estimate of drug-likeness (QED) is 0.513. The third kappa shape index (κ3) is 2.70. The van der Waals surface area contributed by atoms with Gasteiger partial charge in [-0.15, -0.1) is 10.2 Å². The fraction of sp³-hybridized carbons (Fsp3) is 0.118. The van der Waals surface area contributed by atoms with E-state index in [-0.39, 0.29) is 0 Å². The molecule has 24 heavy (non-hydrogen) atoms. The highest BCUT2D eigenvalue weighted by atomic mass is 79.9. The van der Waals surface area contributed by atoms with E-state index in [1.807, 2.05) is 55.0 Å². The van der Waals surface area contributed by atoms with Crippen LogP contribution in [0.25, 0.3) is 26.9 Å². The Hall–Kier alpha value is -2.25. The van der Waals surface area contributed by atoms with Crippen LogP contribution in [0.2, 0.25) is 0 Å². The second kappa shape index (κ2) is 5.99. The van der Waals surface area contributed by atoms with Crippen molar-refractivity contribution in [1.82, 2.24) is 19.8 Å². The van der Waals surface area contributed by atoms with Crippen LogP contribution in [0.5, 0.6) is 0 Å². The molecule has 0 spiro atoms.